The molecule has 1 aromatic carbocycles. The molecule has 1 N–H and O–H groups in total. The summed E-state index contributed by atoms with van der Waals surface area (Å²) in [6, 6.07) is 4.78. The molecule has 5 heteroatoms. The van der Waals surface area contributed by atoms with Gasteiger partial charge in [-0.15, -0.1) is 0 Å². The maximum Gasteiger partial charge on any atom is 0.294 e. The molecule has 0 atom stereocenters. The monoisotopic (exact) mass is 406 g/mol. The number of rotatable bonds is 13. The number of hydrogen-bond donors (Lipinski definition) is 1. The summed E-state index contributed by atoms with van der Waals surface area (Å²) in [7, 11) is -4.06. The largest absolute Gasteiger partial charge is 0.294 e. The van der Waals surface area contributed by atoms with Crippen LogP contribution in [-0.2, 0) is 10.1 Å². The fourth-order valence-electron chi connectivity index (χ4n) is 3.09. The molecule has 27 heavy (non-hydrogen) atoms. The molecular weight excluding hydrogens is 367 g/mol. The van der Waals surface area contributed by atoms with Gasteiger partial charge in [0.25, 0.3) is 10.1 Å². The van der Waals surface area contributed by atoms with Crippen molar-refractivity contribution in [1.82, 2.24) is 0 Å². The van der Waals surface area contributed by atoms with Gasteiger partial charge in [0.2, 0.25) is 0 Å². The summed E-state index contributed by atoms with van der Waals surface area (Å²) >= 11 is 1.41. The van der Waals surface area contributed by atoms with Crippen LogP contribution < -0.4 is 0 Å². The van der Waals surface area contributed by atoms with Gasteiger partial charge in [0.1, 0.15) is 0 Å². The molecule has 0 saturated heterocycles. The summed E-state index contributed by atoms with van der Waals surface area (Å²) in [6.07, 6.45) is 17.7. The standard InChI is InChI=1S/C14H29.C8H10O3S.Na/c1-3-5-7-9-11-13-14-12-10-8-6-4-2;1-6-4-3-5-8(7(6)2)12(9,10)11;/h1,3-14H2,2H3;3-5H,1-2H3,(H,9,10,11);. The fraction of sp³-hybridized carbons (Fsp3) is 0.727. The maximum atomic E-state index is 10.8. The maximum absolute atomic E-state index is 10.8. The molecule has 0 aliphatic heterocycles. The number of hydrogen-bond acceptors (Lipinski definition) is 2. The van der Waals surface area contributed by atoms with E-state index in [9.17, 15) is 8.42 Å². The van der Waals surface area contributed by atoms with Crippen LogP contribution in [0.15, 0.2) is 23.1 Å². The SMILES string of the molecule is CCCCCCCCCCCCC[CH2][Na].Cc1cccc(S(=O)(=O)O)c1C. The van der Waals surface area contributed by atoms with E-state index in [4.69, 9.17) is 4.55 Å². The predicted molar refractivity (Wildman–Crippen MR) is 117 cm³/mol. The number of aryl methyl sites for hydroxylation is 1. The molecule has 1 aromatic rings. The van der Waals surface area contributed by atoms with Gasteiger partial charge >= 0.3 is 102 Å². The van der Waals surface area contributed by atoms with Crippen molar-refractivity contribution in [3.05, 3.63) is 29.3 Å². The normalized spacial score (nSPS) is 11.2. The third-order valence-electron chi connectivity index (χ3n) is 5.04. The van der Waals surface area contributed by atoms with Gasteiger partial charge in [-0.25, -0.2) is 0 Å². The summed E-state index contributed by atoms with van der Waals surface area (Å²) in [6.45, 7) is 5.75. The van der Waals surface area contributed by atoms with Gasteiger partial charge in [-0.3, -0.25) is 4.55 Å². The minimum atomic E-state index is -4.06. The molecule has 0 aliphatic carbocycles. The van der Waals surface area contributed by atoms with E-state index in [0.717, 1.165) is 5.56 Å². The Bertz CT molecular complexity index is 573. The first kappa shape index (κ1) is 27.1. The van der Waals surface area contributed by atoms with E-state index in [2.05, 4.69) is 6.92 Å². The Kier molecular flexibility index (Phi) is 17.1. The molecule has 0 saturated carbocycles. The van der Waals surface area contributed by atoms with Crippen LogP contribution in [-0.4, -0.2) is 40.9 Å². The minimum absolute atomic E-state index is 0.0116. The van der Waals surface area contributed by atoms with Gasteiger partial charge in [0, 0.05) is 0 Å². The van der Waals surface area contributed by atoms with E-state index in [1.165, 1.54) is 115 Å². The molecule has 3 nitrogen and oxygen atoms in total. The van der Waals surface area contributed by atoms with E-state index in [-0.39, 0.29) is 4.90 Å². The van der Waals surface area contributed by atoms with Gasteiger partial charge < -0.3 is 0 Å². The molecule has 0 amide bonds. The van der Waals surface area contributed by atoms with Gasteiger partial charge in [0.05, 0.1) is 4.90 Å². The summed E-state index contributed by atoms with van der Waals surface area (Å²) in [5, 5.41) is 0. The molecule has 0 aromatic heterocycles. The Labute approximate surface area is 185 Å². The van der Waals surface area contributed by atoms with Crippen LogP contribution in [0.1, 0.15) is 95.1 Å². The van der Waals surface area contributed by atoms with E-state index in [0.29, 0.717) is 5.56 Å². The van der Waals surface area contributed by atoms with Crippen molar-refractivity contribution in [2.45, 2.75) is 106 Å². The molecule has 0 radical (unpaired) electrons. The number of unbranched alkanes of at least 4 members (excludes halogenated alkanes) is 11. The van der Waals surface area contributed by atoms with Crippen molar-refractivity contribution >= 4 is 38.0 Å². The van der Waals surface area contributed by atoms with Crippen LogP contribution in [0.2, 0.25) is 3.67 Å². The van der Waals surface area contributed by atoms with Gasteiger partial charge in [-0.05, 0) is 31.0 Å². The minimum Gasteiger partial charge on any atom is -0.282 e. The van der Waals surface area contributed by atoms with E-state index in [1.807, 2.05) is 0 Å². The third-order valence-corrected chi connectivity index (χ3v) is 6.75. The van der Waals surface area contributed by atoms with Crippen molar-refractivity contribution in [3.8, 4) is 0 Å². The molecule has 0 heterocycles. The van der Waals surface area contributed by atoms with Crippen molar-refractivity contribution in [2.75, 3.05) is 0 Å². The van der Waals surface area contributed by atoms with E-state index < -0.39 is 10.1 Å². The zero-order valence-corrected chi connectivity index (χ0v) is 20.9. The van der Waals surface area contributed by atoms with Crippen molar-refractivity contribution < 1.29 is 13.0 Å². The zero-order chi connectivity index (χ0) is 20.5. The quantitative estimate of drug-likeness (QED) is 0.222. The van der Waals surface area contributed by atoms with Crippen LogP contribution >= 0.6 is 0 Å². The average Bonchev–Trinajstić information content (AvgIpc) is 2.61. The predicted octanol–water partition coefficient (Wildman–Crippen LogP) is 6.82. The second kappa shape index (κ2) is 17.0. The van der Waals surface area contributed by atoms with Gasteiger partial charge in [-0.1, -0.05) is 25.5 Å². The molecule has 0 unspecified atom stereocenters. The average molecular weight is 407 g/mol. The Balaban J connectivity index is 0.000000511. The molecular formula is C22H39NaO3S. The van der Waals surface area contributed by atoms with E-state index >= 15 is 0 Å². The summed E-state index contributed by atoms with van der Waals surface area (Å²) in [5.41, 5.74) is 1.45. The van der Waals surface area contributed by atoms with Crippen molar-refractivity contribution in [2.24, 2.45) is 0 Å². The van der Waals surface area contributed by atoms with Crippen LogP contribution in [0.5, 0.6) is 0 Å². The molecule has 152 valence electrons. The van der Waals surface area contributed by atoms with Crippen molar-refractivity contribution in [3.63, 3.8) is 0 Å². The first-order valence-corrected chi connectivity index (χ1v) is 13.7. The molecule has 0 fully saturated rings. The van der Waals surface area contributed by atoms with Crippen LogP contribution in [0, 0.1) is 13.8 Å². The summed E-state index contributed by atoms with van der Waals surface area (Å²) in [5.74, 6) is 0. The van der Waals surface area contributed by atoms with Crippen LogP contribution in [0.3, 0.4) is 0 Å². The Morgan fingerprint density at radius 1 is 0.815 bits per heavy atom. The third kappa shape index (κ3) is 14.7. The van der Waals surface area contributed by atoms with E-state index in [1.54, 1.807) is 26.0 Å². The van der Waals surface area contributed by atoms with Gasteiger partial charge in [0.15, 0.2) is 0 Å². The van der Waals surface area contributed by atoms with Crippen LogP contribution in [0.4, 0.5) is 0 Å². The first-order chi connectivity index (χ1) is 12.8. The smallest absolute Gasteiger partial charge is 0.282 e. The Morgan fingerprint density at radius 3 is 1.63 bits per heavy atom. The molecule has 0 spiro atoms. The van der Waals surface area contributed by atoms with Gasteiger partial charge in [-0.2, -0.15) is 8.42 Å². The molecule has 0 aliphatic rings. The first-order valence-electron chi connectivity index (χ1n) is 10.9. The molecule has 1 rings (SSSR count). The zero-order valence-electron chi connectivity index (χ0n) is 18.1. The Hall–Kier alpha value is 0.130. The summed E-state index contributed by atoms with van der Waals surface area (Å²) < 4.78 is 31.8. The second-order valence-corrected chi connectivity index (χ2v) is 9.95. The second-order valence-electron chi connectivity index (χ2n) is 7.56. The topological polar surface area (TPSA) is 54.4 Å². The molecule has 0 bridgehead atoms. The fourth-order valence-corrected chi connectivity index (χ4v) is 4.39. The van der Waals surface area contributed by atoms with Crippen molar-refractivity contribution in [1.29, 1.82) is 0 Å². The van der Waals surface area contributed by atoms with Crippen LogP contribution in [0.25, 0.3) is 0 Å². The Morgan fingerprint density at radius 2 is 1.26 bits per heavy atom. The summed E-state index contributed by atoms with van der Waals surface area (Å²) in [4.78, 5) is -0.0116. The number of benzene rings is 1.